The van der Waals surface area contributed by atoms with Gasteiger partial charge in [0.05, 0.1) is 5.60 Å². The van der Waals surface area contributed by atoms with E-state index in [2.05, 4.69) is 10.6 Å². The summed E-state index contributed by atoms with van der Waals surface area (Å²) in [5.74, 6) is 0.782. The molecule has 2 saturated heterocycles. The van der Waals surface area contributed by atoms with Crippen molar-refractivity contribution in [3.05, 3.63) is 0 Å². The van der Waals surface area contributed by atoms with Gasteiger partial charge in [-0.05, 0) is 38.4 Å². The predicted molar refractivity (Wildman–Crippen MR) is 63.5 cm³/mol. The van der Waals surface area contributed by atoms with Gasteiger partial charge in [-0.1, -0.05) is 0 Å². The molecule has 0 saturated carbocycles. The van der Waals surface area contributed by atoms with Crippen molar-refractivity contribution in [1.82, 2.24) is 10.6 Å². The summed E-state index contributed by atoms with van der Waals surface area (Å²) in [4.78, 5) is 0. The molecule has 4 heteroatoms. The Morgan fingerprint density at radius 2 is 1.94 bits per heavy atom. The van der Waals surface area contributed by atoms with Crippen LogP contribution in [0.1, 0.15) is 25.7 Å². The number of rotatable bonds is 4. The Morgan fingerprint density at radius 1 is 1.25 bits per heavy atom. The number of piperidine rings is 1. The van der Waals surface area contributed by atoms with Crippen molar-refractivity contribution in [2.75, 3.05) is 39.4 Å². The molecule has 0 spiro atoms. The van der Waals surface area contributed by atoms with Gasteiger partial charge in [0.1, 0.15) is 0 Å². The lowest BCUT2D eigenvalue weighted by atomic mass is 9.93. The monoisotopic (exact) mass is 228 g/mol. The van der Waals surface area contributed by atoms with Crippen LogP contribution < -0.4 is 10.6 Å². The maximum atomic E-state index is 10.2. The van der Waals surface area contributed by atoms with Crippen LogP contribution in [-0.4, -0.2) is 50.1 Å². The van der Waals surface area contributed by atoms with E-state index in [4.69, 9.17) is 4.74 Å². The first-order valence-corrected chi connectivity index (χ1v) is 6.50. The highest BCUT2D eigenvalue weighted by atomic mass is 16.5. The Bertz CT molecular complexity index is 199. The van der Waals surface area contributed by atoms with Gasteiger partial charge < -0.3 is 20.5 Å². The summed E-state index contributed by atoms with van der Waals surface area (Å²) in [6, 6.07) is 0. The highest BCUT2D eigenvalue weighted by molar-refractivity contribution is 4.84. The van der Waals surface area contributed by atoms with Gasteiger partial charge in [0.2, 0.25) is 0 Å². The maximum Gasteiger partial charge on any atom is 0.0815 e. The number of aliphatic hydroxyl groups is 1. The van der Waals surface area contributed by atoms with Crippen molar-refractivity contribution in [3.63, 3.8) is 0 Å². The van der Waals surface area contributed by atoms with Crippen molar-refractivity contribution in [3.8, 4) is 0 Å². The third-order valence-electron chi connectivity index (χ3n) is 3.77. The fourth-order valence-electron chi connectivity index (χ4n) is 2.52. The number of hydrogen-bond acceptors (Lipinski definition) is 4. The summed E-state index contributed by atoms with van der Waals surface area (Å²) < 4.78 is 5.27. The Kier molecular flexibility index (Phi) is 4.58. The normalized spacial score (nSPS) is 26.8. The van der Waals surface area contributed by atoms with Gasteiger partial charge in [0.25, 0.3) is 0 Å². The van der Waals surface area contributed by atoms with Crippen LogP contribution in [-0.2, 0) is 4.74 Å². The Balaban J connectivity index is 1.62. The largest absolute Gasteiger partial charge is 0.388 e. The van der Waals surface area contributed by atoms with Gasteiger partial charge in [-0.25, -0.2) is 0 Å². The van der Waals surface area contributed by atoms with Crippen LogP contribution in [0.4, 0.5) is 0 Å². The molecule has 0 aliphatic carbocycles. The Hall–Kier alpha value is -0.160. The lowest BCUT2D eigenvalue weighted by molar-refractivity contribution is -0.0618. The first-order chi connectivity index (χ1) is 7.79. The van der Waals surface area contributed by atoms with Crippen LogP contribution in [0.3, 0.4) is 0 Å². The molecule has 0 amide bonds. The molecule has 4 nitrogen and oxygen atoms in total. The zero-order valence-electron chi connectivity index (χ0n) is 10.0. The van der Waals surface area contributed by atoms with E-state index in [0.717, 1.165) is 44.9 Å². The van der Waals surface area contributed by atoms with Crippen LogP contribution in [0, 0.1) is 5.92 Å². The summed E-state index contributed by atoms with van der Waals surface area (Å²) in [7, 11) is 0. The molecular formula is C12H24N2O2. The van der Waals surface area contributed by atoms with E-state index in [1.807, 2.05) is 0 Å². The standard InChI is InChI=1S/C12H24N2O2/c15-12(3-7-16-8-4-12)10-14-9-11-1-5-13-6-2-11/h11,13-15H,1-10H2. The molecule has 0 radical (unpaired) electrons. The van der Waals surface area contributed by atoms with E-state index < -0.39 is 5.60 Å². The van der Waals surface area contributed by atoms with Crippen LogP contribution in [0.25, 0.3) is 0 Å². The van der Waals surface area contributed by atoms with E-state index in [9.17, 15) is 5.11 Å². The minimum absolute atomic E-state index is 0.523. The van der Waals surface area contributed by atoms with Gasteiger partial charge in [-0.15, -0.1) is 0 Å². The van der Waals surface area contributed by atoms with Gasteiger partial charge in [0, 0.05) is 32.6 Å². The predicted octanol–water partition coefficient (Wildman–Crippen LogP) is 0.117. The molecule has 0 aromatic carbocycles. The number of hydrogen-bond donors (Lipinski definition) is 3. The minimum Gasteiger partial charge on any atom is -0.388 e. The Labute approximate surface area is 97.7 Å². The topological polar surface area (TPSA) is 53.5 Å². The molecule has 2 fully saturated rings. The lowest BCUT2D eigenvalue weighted by Gasteiger charge is -2.33. The summed E-state index contributed by atoms with van der Waals surface area (Å²) in [6.07, 6.45) is 4.06. The third-order valence-corrected chi connectivity index (χ3v) is 3.77. The molecule has 0 bridgehead atoms. The van der Waals surface area contributed by atoms with Crippen LogP contribution >= 0.6 is 0 Å². The highest BCUT2D eigenvalue weighted by Crippen LogP contribution is 2.19. The molecule has 0 atom stereocenters. The first kappa shape index (κ1) is 12.3. The fourth-order valence-corrected chi connectivity index (χ4v) is 2.52. The number of nitrogens with one attached hydrogen (secondary N) is 2. The molecular weight excluding hydrogens is 204 g/mol. The second-order valence-corrected chi connectivity index (χ2v) is 5.16. The molecule has 0 aromatic rings. The molecule has 2 rings (SSSR count). The second-order valence-electron chi connectivity index (χ2n) is 5.16. The van der Waals surface area contributed by atoms with Crippen molar-refractivity contribution >= 4 is 0 Å². The zero-order chi connectivity index (χ0) is 11.3. The highest BCUT2D eigenvalue weighted by Gasteiger charge is 2.29. The van der Waals surface area contributed by atoms with Crippen molar-refractivity contribution in [2.45, 2.75) is 31.3 Å². The summed E-state index contributed by atoms with van der Waals surface area (Å²) in [5.41, 5.74) is -0.523. The van der Waals surface area contributed by atoms with Crippen LogP contribution in [0.15, 0.2) is 0 Å². The van der Waals surface area contributed by atoms with Crippen molar-refractivity contribution in [2.24, 2.45) is 5.92 Å². The van der Waals surface area contributed by atoms with E-state index in [-0.39, 0.29) is 0 Å². The SMILES string of the molecule is OC1(CNCC2CCNCC2)CCOCC1. The molecule has 0 unspecified atom stereocenters. The van der Waals surface area contributed by atoms with E-state index in [1.54, 1.807) is 0 Å². The minimum atomic E-state index is -0.523. The molecule has 94 valence electrons. The molecule has 2 heterocycles. The fraction of sp³-hybridized carbons (Fsp3) is 1.00. The van der Waals surface area contributed by atoms with E-state index in [0.29, 0.717) is 13.2 Å². The second kappa shape index (κ2) is 5.96. The van der Waals surface area contributed by atoms with Gasteiger partial charge in [0.15, 0.2) is 0 Å². The molecule has 3 N–H and O–H groups in total. The molecule has 0 aromatic heterocycles. The first-order valence-electron chi connectivity index (χ1n) is 6.50. The van der Waals surface area contributed by atoms with Crippen molar-refractivity contribution in [1.29, 1.82) is 0 Å². The summed E-state index contributed by atoms with van der Waals surface area (Å²) >= 11 is 0. The molecule has 2 aliphatic rings. The zero-order valence-corrected chi connectivity index (χ0v) is 10.0. The van der Waals surface area contributed by atoms with Crippen molar-refractivity contribution < 1.29 is 9.84 Å². The maximum absolute atomic E-state index is 10.2. The van der Waals surface area contributed by atoms with Gasteiger partial charge in [-0.3, -0.25) is 0 Å². The summed E-state index contributed by atoms with van der Waals surface area (Å²) in [5, 5.41) is 17.0. The number of ether oxygens (including phenoxy) is 1. The molecule has 16 heavy (non-hydrogen) atoms. The van der Waals surface area contributed by atoms with Gasteiger partial charge in [-0.2, -0.15) is 0 Å². The third kappa shape index (κ3) is 3.70. The van der Waals surface area contributed by atoms with Crippen LogP contribution in [0.5, 0.6) is 0 Å². The molecule has 2 aliphatic heterocycles. The van der Waals surface area contributed by atoms with Crippen LogP contribution in [0.2, 0.25) is 0 Å². The smallest absolute Gasteiger partial charge is 0.0815 e. The summed E-state index contributed by atoms with van der Waals surface area (Å²) in [6.45, 7) is 5.46. The van der Waals surface area contributed by atoms with E-state index >= 15 is 0 Å². The average Bonchev–Trinajstić information content (AvgIpc) is 2.31. The van der Waals surface area contributed by atoms with Gasteiger partial charge >= 0.3 is 0 Å². The average molecular weight is 228 g/mol. The Morgan fingerprint density at radius 3 is 2.62 bits per heavy atom. The van der Waals surface area contributed by atoms with E-state index in [1.165, 1.54) is 12.8 Å². The quantitative estimate of drug-likeness (QED) is 0.639. The lowest BCUT2D eigenvalue weighted by Crippen LogP contribution is -2.46.